The number of benzene rings is 3. The number of urea groups is 1. The summed E-state index contributed by atoms with van der Waals surface area (Å²) in [6, 6.07) is 19.0. The van der Waals surface area contributed by atoms with E-state index in [1.165, 1.54) is 5.56 Å². The molecule has 0 radical (unpaired) electrons. The molecule has 0 spiro atoms. The van der Waals surface area contributed by atoms with Gasteiger partial charge in [0.1, 0.15) is 0 Å². The maximum atomic E-state index is 12.9. The van der Waals surface area contributed by atoms with Gasteiger partial charge in [0.15, 0.2) is 0 Å². The third kappa shape index (κ3) is 6.61. The summed E-state index contributed by atoms with van der Waals surface area (Å²) >= 11 is 0. The number of anilines is 3. The molecule has 0 unspecified atom stereocenters. The van der Waals surface area contributed by atoms with Crippen LogP contribution in [0.15, 0.2) is 60.7 Å². The molecule has 1 aliphatic rings. The normalized spacial score (nSPS) is 13.3. The molecule has 0 atom stereocenters. The molecule has 3 amide bonds. The lowest BCUT2D eigenvalue weighted by atomic mass is 10.1. The Bertz CT molecular complexity index is 1180. The van der Waals surface area contributed by atoms with Crippen molar-refractivity contribution in [1.29, 1.82) is 0 Å². The number of morpholine rings is 1. The largest absolute Gasteiger partial charge is 0.378 e. The summed E-state index contributed by atoms with van der Waals surface area (Å²) in [5.41, 5.74) is 6.99. The summed E-state index contributed by atoms with van der Waals surface area (Å²) in [7, 11) is 0. The van der Waals surface area contributed by atoms with E-state index in [0.29, 0.717) is 44.1 Å². The lowest BCUT2D eigenvalue weighted by Crippen LogP contribution is -2.37. The number of carbonyl (C=O) groups excluding carboxylic acids is 2. The van der Waals surface area contributed by atoms with Crippen molar-refractivity contribution in [2.45, 2.75) is 27.3 Å². The van der Waals surface area contributed by atoms with Crippen LogP contribution in [0.2, 0.25) is 0 Å². The molecule has 3 aromatic rings. The lowest BCUT2D eigenvalue weighted by Gasteiger charge is -2.30. The Morgan fingerprint density at radius 2 is 1.51 bits per heavy atom. The number of nitrogens with one attached hydrogen (secondary N) is 3. The van der Waals surface area contributed by atoms with Crippen LogP contribution in [-0.4, -0.2) is 38.2 Å². The Labute approximate surface area is 206 Å². The quantitative estimate of drug-likeness (QED) is 0.470. The number of aryl methyl sites for hydroxylation is 3. The van der Waals surface area contributed by atoms with Crippen molar-refractivity contribution in [3.8, 4) is 0 Å². The summed E-state index contributed by atoms with van der Waals surface area (Å²) in [4.78, 5) is 28.0. The van der Waals surface area contributed by atoms with Gasteiger partial charge in [0.25, 0.3) is 5.91 Å². The molecule has 182 valence electrons. The summed E-state index contributed by atoms with van der Waals surface area (Å²) in [5.74, 6) is -0.197. The molecule has 4 rings (SSSR count). The SMILES string of the molecule is Cc1ccc(CNC(=O)c2ccc(N3CCOCC3)c(NC(=O)Nc3cc(C)cc(C)c3)c2)cc1. The molecule has 1 aliphatic heterocycles. The van der Waals surface area contributed by atoms with Gasteiger partial charge in [-0.2, -0.15) is 0 Å². The van der Waals surface area contributed by atoms with Gasteiger partial charge in [0.2, 0.25) is 0 Å². The first-order valence-corrected chi connectivity index (χ1v) is 11.8. The molecule has 1 saturated heterocycles. The van der Waals surface area contributed by atoms with Gasteiger partial charge in [-0.05, 0) is 67.8 Å². The van der Waals surface area contributed by atoms with Crippen LogP contribution in [0.1, 0.15) is 32.6 Å². The van der Waals surface area contributed by atoms with Crippen LogP contribution in [0.4, 0.5) is 21.9 Å². The minimum atomic E-state index is -0.360. The number of carbonyl (C=O) groups is 2. The Hall–Kier alpha value is -3.84. The highest BCUT2D eigenvalue weighted by Gasteiger charge is 2.18. The standard InChI is InChI=1S/C28H32N4O3/c1-19-4-6-22(7-5-19)18-29-27(33)23-8-9-26(32-10-12-35-13-11-32)25(17-23)31-28(34)30-24-15-20(2)14-21(3)16-24/h4-9,14-17H,10-13,18H2,1-3H3,(H,29,33)(H2,30,31,34). The van der Waals surface area contributed by atoms with Crippen LogP contribution in [0, 0.1) is 20.8 Å². The van der Waals surface area contributed by atoms with Crippen LogP contribution in [-0.2, 0) is 11.3 Å². The zero-order chi connectivity index (χ0) is 24.8. The highest BCUT2D eigenvalue weighted by atomic mass is 16.5. The van der Waals surface area contributed by atoms with Gasteiger partial charge in [-0.15, -0.1) is 0 Å². The van der Waals surface area contributed by atoms with Crippen molar-refractivity contribution < 1.29 is 14.3 Å². The van der Waals surface area contributed by atoms with Crippen LogP contribution in [0.25, 0.3) is 0 Å². The van der Waals surface area contributed by atoms with Crippen molar-refractivity contribution in [2.75, 3.05) is 41.8 Å². The molecule has 7 heteroatoms. The molecule has 7 nitrogen and oxygen atoms in total. The van der Waals surface area contributed by atoms with Gasteiger partial charge < -0.3 is 25.6 Å². The molecule has 0 bridgehead atoms. The summed E-state index contributed by atoms with van der Waals surface area (Å²) in [5, 5.41) is 8.83. The number of ether oxygens (including phenoxy) is 1. The molecular formula is C28H32N4O3. The predicted molar refractivity (Wildman–Crippen MR) is 140 cm³/mol. The maximum Gasteiger partial charge on any atom is 0.323 e. The van der Waals surface area contributed by atoms with E-state index >= 15 is 0 Å². The van der Waals surface area contributed by atoms with E-state index in [-0.39, 0.29) is 11.9 Å². The molecule has 1 fully saturated rings. The molecule has 3 N–H and O–H groups in total. The minimum absolute atomic E-state index is 0.197. The monoisotopic (exact) mass is 472 g/mol. The Kier molecular flexibility index (Phi) is 7.67. The molecule has 35 heavy (non-hydrogen) atoms. The lowest BCUT2D eigenvalue weighted by molar-refractivity contribution is 0.0951. The van der Waals surface area contributed by atoms with E-state index in [4.69, 9.17) is 4.74 Å². The second-order valence-electron chi connectivity index (χ2n) is 8.96. The number of rotatable bonds is 6. The van der Waals surface area contributed by atoms with Crippen LogP contribution in [0.3, 0.4) is 0 Å². The molecule has 3 aromatic carbocycles. The van der Waals surface area contributed by atoms with Crippen molar-refractivity contribution in [2.24, 2.45) is 0 Å². The first-order chi connectivity index (χ1) is 16.9. The first kappa shape index (κ1) is 24.3. The topological polar surface area (TPSA) is 82.7 Å². The summed E-state index contributed by atoms with van der Waals surface area (Å²) in [6.07, 6.45) is 0. The number of hydrogen-bond acceptors (Lipinski definition) is 4. The Balaban J connectivity index is 1.52. The molecule has 1 heterocycles. The Morgan fingerprint density at radius 3 is 2.20 bits per heavy atom. The average Bonchev–Trinajstić information content (AvgIpc) is 2.83. The van der Waals surface area contributed by atoms with Crippen LogP contribution in [0.5, 0.6) is 0 Å². The van der Waals surface area contributed by atoms with Crippen LogP contribution >= 0.6 is 0 Å². The fraction of sp³-hybridized carbons (Fsp3) is 0.286. The van der Waals surface area contributed by atoms with Gasteiger partial charge in [0, 0.05) is 30.9 Å². The third-order valence-electron chi connectivity index (χ3n) is 5.91. The molecular weight excluding hydrogens is 440 g/mol. The van der Waals surface area contributed by atoms with E-state index in [9.17, 15) is 9.59 Å². The molecule has 0 aromatic heterocycles. The fourth-order valence-corrected chi connectivity index (χ4v) is 4.18. The minimum Gasteiger partial charge on any atom is -0.378 e. The van der Waals surface area contributed by atoms with Gasteiger partial charge in [-0.3, -0.25) is 4.79 Å². The zero-order valence-corrected chi connectivity index (χ0v) is 20.5. The molecule has 0 saturated carbocycles. The van der Waals surface area contributed by atoms with E-state index in [1.54, 1.807) is 12.1 Å². The Morgan fingerprint density at radius 1 is 0.829 bits per heavy atom. The highest BCUT2D eigenvalue weighted by Crippen LogP contribution is 2.28. The second-order valence-corrected chi connectivity index (χ2v) is 8.96. The second kappa shape index (κ2) is 11.1. The van der Waals surface area contributed by atoms with Gasteiger partial charge >= 0.3 is 6.03 Å². The van der Waals surface area contributed by atoms with Crippen molar-refractivity contribution in [1.82, 2.24) is 5.32 Å². The maximum absolute atomic E-state index is 12.9. The number of nitrogens with zero attached hydrogens (tertiary/aromatic N) is 1. The number of amides is 3. The van der Waals surface area contributed by atoms with Gasteiger partial charge in [-0.25, -0.2) is 4.79 Å². The van der Waals surface area contributed by atoms with Gasteiger partial charge in [0.05, 0.1) is 24.6 Å². The van der Waals surface area contributed by atoms with Crippen molar-refractivity contribution in [3.05, 3.63) is 88.5 Å². The smallest absolute Gasteiger partial charge is 0.323 e. The highest BCUT2D eigenvalue weighted by molar-refractivity contribution is 6.04. The van der Waals surface area contributed by atoms with E-state index < -0.39 is 0 Å². The first-order valence-electron chi connectivity index (χ1n) is 11.8. The van der Waals surface area contributed by atoms with Crippen molar-refractivity contribution >= 4 is 29.0 Å². The predicted octanol–water partition coefficient (Wildman–Crippen LogP) is 5.02. The number of hydrogen-bond donors (Lipinski definition) is 3. The summed E-state index contributed by atoms with van der Waals surface area (Å²) < 4.78 is 5.48. The van der Waals surface area contributed by atoms with Gasteiger partial charge in [-0.1, -0.05) is 35.9 Å². The van der Waals surface area contributed by atoms with Crippen LogP contribution < -0.4 is 20.9 Å². The van der Waals surface area contributed by atoms with Crippen molar-refractivity contribution in [3.63, 3.8) is 0 Å². The summed E-state index contributed by atoms with van der Waals surface area (Å²) in [6.45, 7) is 9.11. The fourth-order valence-electron chi connectivity index (χ4n) is 4.18. The van der Waals surface area contributed by atoms with E-state index in [0.717, 1.165) is 28.1 Å². The zero-order valence-electron chi connectivity index (χ0n) is 20.5. The van der Waals surface area contributed by atoms with E-state index in [2.05, 4.69) is 26.9 Å². The average molecular weight is 473 g/mol. The molecule has 0 aliphatic carbocycles. The third-order valence-corrected chi connectivity index (χ3v) is 5.91. The van der Waals surface area contributed by atoms with E-state index in [1.807, 2.05) is 63.2 Å².